The zero-order valence-corrected chi connectivity index (χ0v) is 8.12. The van der Waals surface area contributed by atoms with Crippen LogP contribution in [0.3, 0.4) is 0 Å². The molecule has 2 aromatic heterocycles. The number of aromatic nitrogens is 2. The summed E-state index contributed by atoms with van der Waals surface area (Å²) in [5.74, 6) is 0.433. The van der Waals surface area contributed by atoms with E-state index in [9.17, 15) is 4.79 Å². The molecule has 0 fully saturated rings. The quantitative estimate of drug-likeness (QED) is 0.532. The Morgan fingerprint density at radius 3 is 3.07 bits per heavy atom. The monoisotopic (exact) mass is 207 g/mol. The number of isocyanates is 1. The van der Waals surface area contributed by atoms with E-state index in [1.54, 1.807) is 16.5 Å². The zero-order valence-electron chi connectivity index (χ0n) is 7.36. The van der Waals surface area contributed by atoms with Gasteiger partial charge in [0, 0.05) is 0 Å². The first kappa shape index (κ1) is 8.94. The predicted octanol–water partition coefficient (Wildman–Crippen LogP) is 2.26. The highest BCUT2D eigenvalue weighted by atomic mass is 35.5. The number of carbonyl (C=O) groups excluding carboxylic acids is 1. The van der Waals surface area contributed by atoms with Crippen LogP contribution in [0.25, 0.3) is 5.52 Å². The van der Waals surface area contributed by atoms with Crippen LogP contribution in [-0.2, 0) is 4.79 Å². The Hall–Kier alpha value is -1.64. The predicted molar refractivity (Wildman–Crippen MR) is 52.7 cm³/mol. The molecule has 0 amide bonds. The summed E-state index contributed by atoms with van der Waals surface area (Å²) in [5, 5.41) is 0.298. The zero-order chi connectivity index (χ0) is 10.1. The smallest absolute Gasteiger partial charge is 0.242 e. The van der Waals surface area contributed by atoms with Gasteiger partial charge in [-0.3, -0.25) is 4.40 Å². The molecular formula is C9H6ClN3O. The molecule has 0 aliphatic carbocycles. The van der Waals surface area contributed by atoms with Crippen LogP contribution in [0.1, 0.15) is 5.69 Å². The fraction of sp³-hybridized carbons (Fsp3) is 0.111. The van der Waals surface area contributed by atoms with Crippen molar-refractivity contribution in [1.82, 2.24) is 9.38 Å². The molecule has 0 atom stereocenters. The highest BCUT2D eigenvalue weighted by Gasteiger charge is 2.08. The van der Waals surface area contributed by atoms with E-state index in [0.29, 0.717) is 11.1 Å². The third-order valence-electron chi connectivity index (χ3n) is 1.94. The minimum Gasteiger partial charge on any atom is -0.267 e. The molecular weight excluding hydrogens is 202 g/mol. The van der Waals surface area contributed by atoms with Gasteiger partial charge in [0.25, 0.3) is 0 Å². The maximum Gasteiger partial charge on any atom is 0.242 e. The van der Waals surface area contributed by atoms with Crippen molar-refractivity contribution < 1.29 is 4.79 Å². The molecule has 0 saturated carbocycles. The van der Waals surface area contributed by atoms with Crippen LogP contribution in [-0.4, -0.2) is 15.5 Å². The second-order valence-corrected chi connectivity index (χ2v) is 3.11. The summed E-state index contributed by atoms with van der Waals surface area (Å²) in [5.41, 5.74) is 1.64. The number of pyridine rings is 1. The lowest BCUT2D eigenvalue weighted by molar-refractivity contribution is 0.565. The van der Waals surface area contributed by atoms with Gasteiger partial charge in [0.1, 0.15) is 0 Å². The maximum atomic E-state index is 10.2. The first-order valence-corrected chi connectivity index (χ1v) is 4.33. The van der Waals surface area contributed by atoms with Crippen molar-refractivity contribution in [2.75, 3.05) is 0 Å². The van der Waals surface area contributed by atoms with Crippen molar-refractivity contribution in [3.63, 3.8) is 0 Å². The van der Waals surface area contributed by atoms with Gasteiger partial charge in [-0.05, 0) is 30.7 Å². The minimum atomic E-state index is 0.298. The lowest BCUT2D eigenvalue weighted by atomic mass is 10.3. The Kier molecular flexibility index (Phi) is 2.08. The number of aliphatic imine (C=N–C) groups is 1. The van der Waals surface area contributed by atoms with E-state index in [1.165, 1.54) is 6.08 Å². The van der Waals surface area contributed by atoms with Gasteiger partial charge in [-0.25, -0.2) is 9.78 Å². The fourth-order valence-corrected chi connectivity index (χ4v) is 1.66. The standard InChI is InChI=1S/C9H6ClN3O/c1-6-7-3-2-4-8(11-5-14)13(7)9(10)12-6/h2-4H,1H3. The maximum absolute atomic E-state index is 10.2. The van der Waals surface area contributed by atoms with Crippen molar-refractivity contribution >= 4 is 29.0 Å². The Labute approximate surface area is 84.9 Å². The van der Waals surface area contributed by atoms with E-state index in [-0.39, 0.29) is 0 Å². The summed E-state index contributed by atoms with van der Waals surface area (Å²) in [7, 11) is 0. The van der Waals surface area contributed by atoms with Gasteiger partial charge in [0.15, 0.2) is 5.82 Å². The summed E-state index contributed by atoms with van der Waals surface area (Å²) < 4.78 is 1.60. The van der Waals surface area contributed by atoms with Crippen LogP contribution in [0.2, 0.25) is 5.28 Å². The average molecular weight is 208 g/mol. The number of nitrogens with zero attached hydrogens (tertiary/aromatic N) is 3. The van der Waals surface area contributed by atoms with E-state index in [2.05, 4.69) is 9.98 Å². The number of imidazole rings is 1. The van der Waals surface area contributed by atoms with Crippen LogP contribution in [0, 0.1) is 6.92 Å². The van der Waals surface area contributed by atoms with E-state index in [1.807, 2.05) is 13.0 Å². The van der Waals surface area contributed by atoms with Crippen molar-refractivity contribution in [3.8, 4) is 0 Å². The highest BCUT2D eigenvalue weighted by Crippen LogP contribution is 2.22. The normalized spacial score (nSPS) is 10.1. The molecule has 0 unspecified atom stereocenters. The van der Waals surface area contributed by atoms with Crippen molar-refractivity contribution in [3.05, 3.63) is 29.2 Å². The first-order chi connectivity index (χ1) is 6.74. The summed E-state index contributed by atoms with van der Waals surface area (Å²) >= 11 is 5.88. The van der Waals surface area contributed by atoms with E-state index < -0.39 is 0 Å². The van der Waals surface area contributed by atoms with Gasteiger partial charge in [-0.15, -0.1) is 4.99 Å². The summed E-state index contributed by atoms with van der Waals surface area (Å²) in [6.07, 6.45) is 1.48. The number of aryl methyl sites for hydroxylation is 1. The van der Waals surface area contributed by atoms with Crippen LogP contribution >= 0.6 is 11.6 Å². The lowest BCUT2D eigenvalue weighted by Crippen LogP contribution is -1.84. The Balaban J connectivity index is 2.91. The molecule has 70 valence electrons. The van der Waals surface area contributed by atoms with Gasteiger partial charge in [0.2, 0.25) is 11.4 Å². The molecule has 5 heteroatoms. The number of hydrogen-bond acceptors (Lipinski definition) is 3. The van der Waals surface area contributed by atoms with Gasteiger partial charge in [-0.1, -0.05) is 6.07 Å². The molecule has 0 aromatic carbocycles. The molecule has 14 heavy (non-hydrogen) atoms. The molecule has 2 aromatic rings. The van der Waals surface area contributed by atoms with Gasteiger partial charge in [-0.2, -0.15) is 0 Å². The largest absolute Gasteiger partial charge is 0.267 e. The van der Waals surface area contributed by atoms with Crippen LogP contribution in [0.5, 0.6) is 0 Å². The number of halogens is 1. The first-order valence-electron chi connectivity index (χ1n) is 3.95. The van der Waals surface area contributed by atoms with Crippen molar-refractivity contribution in [2.24, 2.45) is 4.99 Å². The molecule has 2 rings (SSSR count). The average Bonchev–Trinajstić information content (AvgIpc) is 2.44. The van der Waals surface area contributed by atoms with Crippen molar-refractivity contribution in [1.29, 1.82) is 0 Å². The van der Waals surface area contributed by atoms with E-state index in [0.717, 1.165) is 11.2 Å². The molecule has 0 N–H and O–H groups in total. The molecule has 0 aliphatic heterocycles. The second kappa shape index (κ2) is 3.25. The SMILES string of the molecule is Cc1nc(Cl)n2c(N=C=O)cccc12. The fourth-order valence-electron chi connectivity index (χ4n) is 1.35. The topological polar surface area (TPSA) is 46.7 Å². The van der Waals surface area contributed by atoms with Crippen LogP contribution in [0.15, 0.2) is 23.2 Å². The van der Waals surface area contributed by atoms with Crippen LogP contribution < -0.4 is 0 Å². The van der Waals surface area contributed by atoms with E-state index >= 15 is 0 Å². The number of fused-ring (bicyclic) bond motifs is 1. The molecule has 0 spiro atoms. The van der Waals surface area contributed by atoms with Gasteiger partial charge >= 0.3 is 0 Å². The molecule has 0 radical (unpaired) electrons. The minimum absolute atomic E-state index is 0.298. The molecule has 4 nitrogen and oxygen atoms in total. The highest BCUT2D eigenvalue weighted by molar-refractivity contribution is 6.29. The number of hydrogen-bond donors (Lipinski definition) is 0. The Morgan fingerprint density at radius 1 is 1.57 bits per heavy atom. The third-order valence-corrected chi connectivity index (χ3v) is 2.20. The van der Waals surface area contributed by atoms with E-state index in [4.69, 9.17) is 11.6 Å². The van der Waals surface area contributed by atoms with Crippen LogP contribution in [0.4, 0.5) is 5.82 Å². The Bertz CT molecular complexity index is 540. The third kappa shape index (κ3) is 1.21. The lowest BCUT2D eigenvalue weighted by Gasteiger charge is -1.98. The molecule has 2 heterocycles. The summed E-state index contributed by atoms with van der Waals surface area (Å²) in [6.45, 7) is 1.84. The molecule has 0 aliphatic rings. The van der Waals surface area contributed by atoms with Crippen molar-refractivity contribution in [2.45, 2.75) is 6.92 Å². The number of rotatable bonds is 1. The second-order valence-electron chi connectivity index (χ2n) is 2.77. The summed E-state index contributed by atoms with van der Waals surface area (Å²) in [4.78, 5) is 17.8. The molecule has 0 bridgehead atoms. The summed E-state index contributed by atoms with van der Waals surface area (Å²) in [6, 6.07) is 5.32. The van der Waals surface area contributed by atoms with Gasteiger partial charge in [0.05, 0.1) is 11.2 Å². The Morgan fingerprint density at radius 2 is 2.36 bits per heavy atom. The van der Waals surface area contributed by atoms with Gasteiger partial charge < -0.3 is 0 Å². The molecule has 0 saturated heterocycles.